The van der Waals surface area contributed by atoms with Crippen LogP contribution in [0.5, 0.6) is 0 Å². The predicted octanol–water partition coefficient (Wildman–Crippen LogP) is 0.972. The van der Waals surface area contributed by atoms with Gasteiger partial charge in [-0.15, -0.1) is 0 Å². The maximum absolute atomic E-state index is 11.8. The minimum absolute atomic E-state index is 0.104. The van der Waals surface area contributed by atoms with Crippen molar-refractivity contribution in [3.63, 3.8) is 0 Å². The van der Waals surface area contributed by atoms with Crippen LogP contribution in [0, 0.1) is 0 Å². The molecule has 1 rings (SSSR count). The first kappa shape index (κ1) is 18.9. The van der Waals surface area contributed by atoms with Crippen LogP contribution in [-0.2, 0) is 23.9 Å². The van der Waals surface area contributed by atoms with Crippen molar-refractivity contribution in [1.29, 1.82) is 0 Å². The Hall–Kier alpha value is -2.15. The monoisotopic (exact) mass is 325 g/mol. The summed E-state index contributed by atoms with van der Waals surface area (Å²) >= 11 is 0. The lowest BCUT2D eigenvalue weighted by Crippen LogP contribution is -2.41. The third-order valence-corrected chi connectivity index (χ3v) is 3.54. The molecule has 0 saturated heterocycles. The van der Waals surface area contributed by atoms with Crippen LogP contribution in [0.3, 0.4) is 0 Å². The highest BCUT2D eigenvalue weighted by atomic mass is 16.7. The van der Waals surface area contributed by atoms with Crippen LogP contribution in [-0.4, -0.2) is 41.9 Å². The number of carbonyl (C=O) groups excluding carboxylic acids is 3. The summed E-state index contributed by atoms with van der Waals surface area (Å²) in [5.41, 5.74) is 2.26. The Balaban J connectivity index is 3.01. The van der Waals surface area contributed by atoms with Gasteiger partial charge >= 0.3 is 11.9 Å². The number of hydrogen-bond donors (Lipinski definition) is 2. The number of allylic oxidation sites excluding steroid dienone is 1. The van der Waals surface area contributed by atoms with Crippen molar-refractivity contribution in [2.45, 2.75) is 52.4 Å². The number of amides is 1. The van der Waals surface area contributed by atoms with Gasteiger partial charge in [-0.1, -0.05) is 5.57 Å². The molecule has 2 atom stereocenters. The summed E-state index contributed by atoms with van der Waals surface area (Å²) < 4.78 is 9.66. The second-order valence-corrected chi connectivity index (χ2v) is 5.68. The number of carbonyl (C=O) groups is 3. The molecule has 0 heterocycles. The van der Waals surface area contributed by atoms with Crippen LogP contribution in [0.15, 0.2) is 22.8 Å². The molecule has 23 heavy (non-hydrogen) atoms. The van der Waals surface area contributed by atoms with Crippen molar-refractivity contribution in [2.75, 3.05) is 7.11 Å². The Morgan fingerprint density at radius 3 is 2.39 bits per heavy atom. The molecule has 0 saturated carbocycles. The number of esters is 2. The lowest BCUT2D eigenvalue weighted by molar-refractivity contribution is -0.188. The molecular weight excluding hydrogens is 302 g/mol. The van der Waals surface area contributed by atoms with E-state index >= 15 is 0 Å². The van der Waals surface area contributed by atoms with Gasteiger partial charge in [-0.05, 0) is 31.1 Å². The highest BCUT2D eigenvalue weighted by Gasteiger charge is 2.34. The van der Waals surface area contributed by atoms with Crippen LogP contribution < -0.4 is 5.32 Å². The maximum Gasteiger partial charge on any atom is 0.328 e. The molecule has 0 radical (unpaired) electrons. The van der Waals surface area contributed by atoms with E-state index in [1.165, 1.54) is 27.0 Å². The Labute approximate surface area is 135 Å². The van der Waals surface area contributed by atoms with Crippen molar-refractivity contribution >= 4 is 17.8 Å². The van der Waals surface area contributed by atoms with E-state index in [1.807, 2.05) is 0 Å². The first-order chi connectivity index (χ1) is 10.6. The molecule has 2 N–H and O–H groups in total. The number of ether oxygens (including phenoxy) is 2. The van der Waals surface area contributed by atoms with E-state index in [1.54, 1.807) is 13.8 Å². The third-order valence-electron chi connectivity index (χ3n) is 3.54. The van der Waals surface area contributed by atoms with E-state index in [4.69, 9.17) is 9.47 Å². The Morgan fingerprint density at radius 1 is 1.35 bits per heavy atom. The van der Waals surface area contributed by atoms with Gasteiger partial charge in [0.15, 0.2) is 0 Å². The highest BCUT2D eigenvalue weighted by Crippen LogP contribution is 2.34. The summed E-state index contributed by atoms with van der Waals surface area (Å²) in [6.45, 7) is 6.07. The van der Waals surface area contributed by atoms with Gasteiger partial charge in [0.25, 0.3) is 0 Å². The normalized spacial score (nSPS) is 22.1. The van der Waals surface area contributed by atoms with Crippen LogP contribution in [0.2, 0.25) is 0 Å². The van der Waals surface area contributed by atoms with Crippen LogP contribution >= 0.6 is 0 Å². The summed E-state index contributed by atoms with van der Waals surface area (Å²) in [7, 11) is 1.25. The summed E-state index contributed by atoms with van der Waals surface area (Å²) in [5, 5.41) is 12.9. The van der Waals surface area contributed by atoms with E-state index < -0.39 is 23.8 Å². The average molecular weight is 325 g/mol. The summed E-state index contributed by atoms with van der Waals surface area (Å²) in [6.07, 6.45) is 1.78. The van der Waals surface area contributed by atoms with Gasteiger partial charge in [0.2, 0.25) is 11.7 Å². The zero-order valence-corrected chi connectivity index (χ0v) is 14.1. The molecule has 128 valence electrons. The van der Waals surface area contributed by atoms with E-state index in [9.17, 15) is 19.5 Å². The molecule has 7 heteroatoms. The molecule has 0 aromatic heterocycles. The number of aliphatic hydroxyl groups is 1. The van der Waals surface area contributed by atoms with E-state index in [0.29, 0.717) is 5.57 Å². The SMILES string of the molecule is COC(=O)[C@H](CC1=C(C)CC(O)(OC(C)=O)C=C1C)NC(C)=O. The fourth-order valence-corrected chi connectivity index (χ4v) is 2.73. The van der Waals surface area contributed by atoms with Crippen LogP contribution in [0.1, 0.15) is 40.5 Å². The van der Waals surface area contributed by atoms with Crippen molar-refractivity contribution in [3.8, 4) is 0 Å². The molecule has 0 aromatic carbocycles. The standard InChI is InChI=1S/C16H23NO6/c1-9-7-16(21,23-12(4)19)8-10(2)13(9)6-14(15(20)22-5)17-11(3)18/h7,14,21H,6,8H2,1-5H3,(H,17,18)/t14-,16?/m0/s1. The van der Waals surface area contributed by atoms with Crippen molar-refractivity contribution in [3.05, 3.63) is 22.8 Å². The smallest absolute Gasteiger partial charge is 0.328 e. The lowest BCUT2D eigenvalue weighted by atomic mass is 9.85. The van der Waals surface area contributed by atoms with Gasteiger partial charge in [0, 0.05) is 26.7 Å². The number of methoxy groups -OCH3 is 1. The van der Waals surface area contributed by atoms with Gasteiger partial charge < -0.3 is 19.9 Å². The molecule has 0 aromatic rings. The predicted molar refractivity (Wildman–Crippen MR) is 82.0 cm³/mol. The summed E-state index contributed by atoms with van der Waals surface area (Å²) in [4.78, 5) is 34.2. The van der Waals surface area contributed by atoms with Gasteiger partial charge in [0.05, 0.1) is 7.11 Å². The molecular formula is C16H23NO6. The zero-order valence-electron chi connectivity index (χ0n) is 14.1. The van der Waals surface area contributed by atoms with Gasteiger partial charge in [-0.25, -0.2) is 4.79 Å². The molecule has 7 nitrogen and oxygen atoms in total. The van der Waals surface area contributed by atoms with E-state index in [-0.39, 0.29) is 18.7 Å². The van der Waals surface area contributed by atoms with Gasteiger partial charge in [-0.3, -0.25) is 9.59 Å². The number of rotatable bonds is 5. The topological polar surface area (TPSA) is 102 Å². The molecule has 1 aliphatic carbocycles. The van der Waals surface area contributed by atoms with Crippen LogP contribution in [0.25, 0.3) is 0 Å². The minimum atomic E-state index is -1.68. The minimum Gasteiger partial charge on any atom is -0.467 e. The molecule has 0 aliphatic heterocycles. The first-order valence-electron chi connectivity index (χ1n) is 7.23. The quantitative estimate of drug-likeness (QED) is 0.577. The highest BCUT2D eigenvalue weighted by molar-refractivity contribution is 5.83. The number of hydrogen-bond acceptors (Lipinski definition) is 6. The lowest BCUT2D eigenvalue weighted by Gasteiger charge is -2.32. The molecule has 1 aliphatic rings. The fraction of sp³-hybridized carbons (Fsp3) is 0.562. The fourth-order valence-electron chi connectivity index (χ4n) is 2.73. The Kier molecular flexibility index (Phi) is 6.09. The Morgan fingerprint density at radius 2 is 1.96 bits per heavy atom. The molecule has 1 unspecified atom stereocenters. The van der Waals surface area contributed by atoms with Crippen molar-refractivity contribution in [2.24, 2.45) is 0 Å². The first-order valence-corrected chi connectivity index (χ1v) is 7.23. The zero-order chi connectivity index (χ0) is 17.8. The molecule has 0 fully saturated rings. The van der Waals surface area contributed by atoms with Gasteiger partial charge in [-0.2, -0.15) is 0 Å². The van der Waals surface area contributed by atoms with Crippen molar-refractivity contribution in [1.82, 2.24) is 5.32 Å². The van der Waals surface area contributed by atoms with E-state index in [2.05, 4.69) is 5.32 Å². The second-order valence-electron chi connectivity index (χ2n) is 5.68. The second kappa shape index (κ2) is 7.41. The van der Waals surface area contributed by atoms with E-state index in [0.717, 1.165) is 11.1 Å². The number of nitrogens with one attached hydrogen (secondary N) is 1. The van der Waals surface area contributed by atoms with Crippen molar-refractivity contribution < 1.29 is 29.0 Å². The summed E-state index contributed by atoms with van der Waals surface area (Å²) in [6, 6.07) is -0.814. The maximum atomic E-state index is 11.8. The largest absolute Gasteiger partial charge is 0.467 e. The third kappa shape index (κ3) is 5.21. The molecule has 0 bridgehead atoms. The van der Waals surface area contributed by atoms with Crippen LogP contribution in [0.4, 0.5) is 0 Å². The Bertz CT molecular complexity index is 577. The molecule has 0 spiro atoms. The summed E-state index contributed by atoms with van der Waals surface area (Å²) in [5.74, 6) is -3.15. The average Bonchev–Trinajstić information content (AvgIpc) is 2.38. The molecule has 1 amide bonds. The van der Waals surface area contributed by atoms with Gasteiger partial charge in [0.1, 0.15) is 6.04 Å².